The van der Waals surface area contributed by atoms with Crippen LogP contribution in [-0.4, -0.2) is 65.6 Å². The maximum atomic E-state index is 12.6. The van der Waals surface area contributed by atoms with Gasteiger partial charge in [0.2, 0.25) is 0 Å². The Bertz CT molecular complexity index is 1410. The first-order valence-electron chi connectivity index (χ1n) is 15.1. The fraction of sp³-hybridized carbons (Fsp3) is 0.500. The summed E-state index contributed by atoms with van der Waals surface area (Å²) in [5.74, 6) is -0.148. The van der Waals surface area contributed by atoms with Crippen LogP contribution in [-0.2, 0) is 22.2 Å². The van der Waals surface area contributed by atoms with Gasteiger partial charge in [0.05, 0.1) is 18.4 Å². The third-order valence-corrected chi connectivity index (χ3v) is 10.5. The number of hydrogen-bond acceptors (Lipinski definition) is 6. The van der Waals surface area contributed by atoms with Gasteiger partial charge >= 0.3 is 5.97 Å². The lowest BCUT2D eigenvalue weighted by Gasteiger charge is -2.45. The Hall–Kier alpha value is -3.00. The van der Waals surface area contributed by atoms with E-state index < -0.39 is 17.7 Å². The Balaban J connectivity index is 1.46. The zero-order valence-corrected chi connectivity index (χ0v) is 25.0. The number of aliphatic hydroxyl groups is 2. The Morgan fingerprint density at radius 2 is 2.00 bits per heavy atom. The molecule has 8 heteroatoms. The maximum Gasteiger partial charge on any atom is 0.340 e. The smallest absolute Gasteiger partial charge is 0.340 e. The molecule has 0 radical (unpaired) electrons. The lowest BCUT2D eigenvalue weighted by atomic mass is 9.68. The van der Waals surface area contributed by atoms with Crippen molar-refractivity contribution in [3.63, 3.8) is 0 Å². The molecule has 0 unspecified atom stereocenters. The monoisotopic (exact) mass is 592 g/mol. The third kappa shape index (κ3) is 5.20. The van der Waals surface area contributed by atoms with Crippen molar-refractivity contribution >= 4 is 23.3 Å². The van der Waals surface area contributed by atoms with Gasteiger partial charge in [-0.2, -0.15) is 0 Å². The second-order valence-corrected chi connectivity index (χ2v) is 13.3. The lowest BCUT2D eigenvalue weighted by Crippen LogP contribution is -2.49. The highest BCUT2D eigenvalue weighted by molar-refractivity contribution is 6.30. The van der Waals surface area contributed by atoms with Crippen LogP contribution < -0.4 is 9.64 Å². The molecule has 1 spiro atoms. The van der Waals surface area contributed by atoms with Crippen LogP contribution in [0.15, 0.2) is 60.8 Å². The second-order valence-electron chi connectivity index (χ2n) is 12.9. The molecule has 2 bridgehead atoms. The first-order valence-corrected chi connectivity index (χ1v) is 15.5. The number of anilines is 1. The van der Waals surface area contributed by atoms with E-state index >= 15 is 0 Å². The Morgan fingerprint density at radius 3 is 2.76 bits per heavy atom. The number of aliphatic carboxylic acids is 1. The summed E-state index contributed by atoms with van der Waals surface area (Å²) in [6, 6.07) is 11.5. The number of halogens is 1. The van der Waals surface area contributed by atoms with Crippen LogP contribution in [0.1, 0.15) is 55.2 Å². The molecule has 7 nitrogen and oxygen atoms in total. The van der Waals surface area contributed by atoms with Crippen molar-refractivity contribution in [1.29, 1.82) is 0 Å². The second kappa shape index (κ2) is 11.3. The van der Waals surface area contributed by atoms with Gasteiger partial charge in [-0.3, -0.25) is 0 Å². The predicted octanol–water partition coefficient (Wildman–Crippen LogP) is 5.27. The molecule has 224 valence electrons. The normalized spacial score (nSPS) is 32.2. The Morgan fingerprint density at radius 1 is 1.17 bits per heavy atom. The summed E-state index contributed by atoms with van der Waals surface area (Å²) in [7, 11) is 1.83. The summed E-state index contributed by atoms with van der Waals surface area (Å²) in [5, 5.41) is 33.9. The van der Waals surface area contributed by atoms with Crippen LogP contribution in [0, 0.1) is 11.8 Å². The number of carboxylic acids is 1. The minimum absolute atomic E-state index is 0.155. The number of fused-ring (bicyclic) bond motifs is 4. The number of ether oxygens (including phenoxy) is 1. The zero-order chi connectivity index (χ0) is 29.6. The van der Waals surface area contributed by atoms with Crippen molar-refractivity contribution in [3.8, 4) is 5.75 Å². The summed E-state index contributed by atoms with van der Waals surface area (Å²) in [5.41, 5.74) is 1.70. The van der Waals surface area contributed by atoms with Crippen LogP contribution in [0.5, 0.6) is 5.75 Å². The number of hydrogen-bond donors (Lipinski definition) is 3. The molecule has 0 amide bonds. The highest BCUT2D eigenvalue weighted by Crippen LogP contribution is 2.47. The van der Waals surface area contributed by atoms with Crippen molar-refractivity contribution in [2.75, 3.05) is 38.2 Å². The molecule has 3 N–H and O–H groups in total. The topological polar surface area (TPSA) is 93.5 Å². The van der Waals surface area contributed by atoms with E-state index in [1.807, 2.05) is 36.2 Å². The fourth-order valence-electron chi connectivity index (χ4n) is 7.49. The van der Waals surface area contributed by atoms with E-state index in [0.29, 0.717) is 49.0 Å². The van der Waals surface area contributed by atoms with E-state index in [2.05, 4.69) is 23.6 Å². The summed E-state index contributed by atoms with van der Waals surface area (Å²) >= 11 is 6.40. The van der Waals surface area contributed by atoms with Gasteiger partial charge < -0.3 is 29.9 Å². The zero-order valence-electron chi connectivity index (χ0n) is 24.3. The summed E-state index contributed by atoms with van der Waals surface area (Å²) in [4.78, 5) is 16.8. The summed E-state index contributed by atoms with van der Waals surface area (Å²) < 4.78 is 6.57. The minimum atomic E-state index is -2.15. The maximum absolute atomic E-state index is 12.6. The van der Waals surface area contributed by atoms with Gasteiger partial charge in [0.1, 0.15) is 5.75 Å². The van der Waals surface area contributed by atoms with E-state index in [9.17, 15) is 20.1 Å². The molecule has 1 saturated carbocycles. The molecular weight excluding hydrogens is 552 g/mol. The molecule has 2 aliphatic carbocycles. The van der Waals surface area contributed by atoms with Gasteiger partial charge in [-0.25, -0.2) is 4.79 Å². The van der Waals surface area contributed by atoms with Gasteiger partial charge in [-0.1, -0.05) is 42.5 Å². The number of rotatable bonds is 1. The first kappa shape index (κ1) is 29.1. The number of likely N-dealkylation sites (N-methyl/N-ethyl adjacent to an activating group) is 1. The van der Waals surface area contributed by atoms with Crippen LogP contribution in [0.3, 0.4) is 0 Å². The highest BCUT2D eigenvalue weighted by atomic mass is 35.5. The SMILES string of the molecule is C=C1C[C@](O)(C(=O)O)c2ccc3c(c2)N(C[C@@H]2CC[C@H]2[C@@H](O)C/C=C\CN1C)C[C@@]1(CCCc2cc(Cl)ccc21)CO3. The molecule has 5 atom stereocenters. The third-order valence-electron chi connectivity index (χ3n) is 10.2. The van der Waals surface area contributed by atoms with Gasteiger partial charge in [-0.15, -0.1) is 0 Å². The number of nitrogens with zero attached hydrogens (tertiary/aromatic N) is 2. The standard InChI is InChI=1S/C34H41ClN2O5/c1-22-18-34(41,32(39)40)25-9-13-31-29(17-25)37(19-24-8-11-27(24)30(38)7-3-4-15-36(22)2)20-33(21-42-31)14-5-6-23-16-26(35)10-12-28(23)33/h3-4,9-10,12-13,16-17,24,27,30,38,41H,1,5-8,11,14-15,18-21H2,2H3,(H,39,40)/b4-3-/t24-,27+,30-,33-,34+/m0/s1. The van der Waals surface area contributed by atoms with Crippen molar-refractivity contribution < 1.29 is 24.9 Å². The molecule has 4 aliphatic rings. The van der Waals surface area contributed by atoms with Gasteiger partial charge in [-0.05, 0) is 91.3 Å². The largest absolute Gasteiger partial charge is 0.490 e. The molecule has 0 aromatic heterocycles. The van der Waals surface area contributed by atoms with Crippen molar-refractivity contribution in [2.24, 2.45) is 11.8 Å². The Kier molecular flexibility index (Phi) is 7.79. The van der Waals surface area contributed by atoms with Crippen molar-refractivity contribution in [1.82, 2.24) is 4.90 Å². The van der Waals surface area contributed by atoms with E-state index in [1.165, 1.54) is 11.1 Å². The van der Waals surface area contributed by atoms with Gasteiger partial charge in [0, 0.05) is 49.2 Å². The fourth-order valence-corrected chi connectivity index (χ4v) is 7.68. The van der Waals surface area contributed by atoms with Crippen LogP contribution >= 0.6 is 11.6 Å². The molecule has 2 aromatic carbocycles. The highest BCUT2D eigenvalue weighted by Gasteiger charge is 2.45. The van der Waals surface area contributed by atoms with Crippen LogP contribution in [0.4, 0.5) is 5.69 Å². The molecule has 6 rings (SSSR count). The molecule has 2 aliphatic heterocycles. The number of aryl methyl sites for hydroxylation is 1. The first-order chi connectivity index (χ1) is 20.1. The average molecular weight is 593 g/mol. The van der Waals surface area contributed by atoms with Crippen molar-refractivity contribution in [2.45, 2.75) is 62.1 Å². The predicted molar refractivity (Wildman–Crippen MR) is 164 cm³/mol. The minimum Gasteiger partial charge on any atom is -0.490 e. The molecule has 0 saturated heterocycles. The van der Waals surface area contributed by atoms with E-state index in [-0.39, 0.29) is 17.8 Å². The summed E-state index contributed by atoms with van der Waals surface area (Å²) in [6.07, 6.45) is 8.95. The molecule has 2 heterocycles. The van der Waals surface area contributed by atoms with Gasteiger partial charge in [0.25, 0.3) is 0 Å². The van der Waals surface area contributed by atoms with Crippen LogP contribution in [0.25, 0.3) is 0 Å². The molecule has 1 fully saturated rings. The number of aliphatic hydroxyl groups excluding tert-OH is 1. The van der Waals surface area contributed by atoms with Crippen molar-refractivity contribution in [3.05, 3.63) is 82.5 Å². The van der Waals surface area contributed by atoms with Crippen LogP contribution in [0.2, 0.25) is 5.02 Å². The molecule has 42 heavy (non-hydrogen) atoms. The molecule has 2 aromatic rings. The lowest BCUT2D eigenvalue weighted by molar-refractivity contribution is -0.160. The molecular formula is C34H41ClN2O5. The average Bonchev–Trinajstić information content (AvgIpc) is 3.09. The Labute approximate surface area is 253 Å². The van der Waals surface area contributed by atoms with E-state index in [4.69, 9.17) is 16.3 Å². The summed E-state index contributed by atoms with van der Waals surface area (Å²) in [6.45, 7) is 6.52. The number of carboxylic acid groups (broad SMARTS) is 1. The quantitative estimate of drug-likeness (QED) is 0.389. The van der Waals surface area contributed by atoms with E-state index in [0.717, 1.165) is 49.4 Å². The van der Waals surface area contributed by atoms with E-state index in [1.54, 1.807) is 12.1 Å². The number of carbonyl (C=O) groups is 1. The number of benzene rings is 2. The van der Waals surface area contributed by atoms with Gasteiger partial charge in [0.15, 0.2) is 5.60 Å².